The summed E-state index contributed by atoms with van der Waals surface area (Å²) >= 11 is 0. The summed E-state index contributed by atoms with van der Waals surface area (Å²) in [5.74, 6) is 0.895. The Morgan fingerprint density at radius 2 is 1.66 bits per heavy atom. The van der Waals surface area contributed by atoms with Crippen LogP contribution in [-0.4, -0.2) is 94.5 Å². The molecule has 1 unspecified atom stereocenters. The van der Waals surface area contributed by atoms with Crippen molar-refractivity contribution in [1.82, 2.24) is 20.4 Å². The average Bonchev–Trinajstić information content (AvgIpc) is 2.76. The zero-order chi connectivity index (χ0) is 20.3. The van der Waals surface area contributed by atoms with E-state index in [1.807, 2.05) is 0 Å². The van der Waals surface area contributed by atoms with Gasteiger partial charge in [0, 0.05) is 45.8 Å². The molecule has 0 spiro atoms. The smallest absolute Gasteiger partial charge is 0.191 e. The normalized spacial score (nSPS) is 20.4. The van der Waals surface area contributed by atoms with Gasteiger partial charge < -0.3 is 20.1 Å². The van der Waals surface area contributed by atoms with Gasteiger partial charge in [-0.2, -0.15) is 0 Å². The molecule has 2 saturated heterocycles. The van der Waals surface area contributed by atoms with Crippen LogP contribution in [0.3, 0.4) is 0 Å². The predicted molar refractivity (Wildman–Crippen MR) is 118 cm³/mol. The largest absolute Gasteiger partial charge is 0.379 e. The number of benzene rings is 1. The first kappa shape index (κ1) is 22.0. The van der Waals surface area contributed by atoms with E-state index in [1.54, 1.807) is 0 Å². The molecule has 3 rings (SSSR count). The van der Waals surface area contributed by atoms with E-state index in [0.29, 0.717) is 0 Å². The van der Waals surface area contributed by atoms with Crippen LogP contribution in [0, 0.1) is 6.92 Å². The Hall–Kier alpha value is -1.67. The lowest BCUT2D eigenvalue weighted by molar-refractivity contribution is 0.0179. The number of morpholine rings is 2. The van der Waals surface area contributed by atoms with E-state index in [4.69, 9.17) is 14.5 Å². The zero-order valence-electron chi connectivity index (χ0n) is 18.0. The number of rotatable bonds is 8. The molecule has 2 aliphatic rings. The Balaban J connectivity index is 1.61. The average molecular weight is 404 g/mol. The quantitative estimate of drug-likeness (QED) is 0.503. The molecule has 0 aromatic heterocycles. The van der Waals surface area contributed by atoms with E-state index in [9.17, 15) is 0 Å². The van der Waals surface area contributed by atoms with Gasteiger partial charge in [0.1, 0.15) is 0 Å². The van der Waals surface area contributed by atoms with Crippen LogP contribution >= 0.6 is 0 Å². The lowest BCUT2D eigenvalue weighted by atomic mass is 10.0. The monoisotopic (exact) mass is 403 g/mol. The van der Waals surface area contributed by atoms with Crippen LogP contribution in [0.25, 0.3) is 0 Å². The summed E-state index contributed by atoms with van der Waals surface area (Å²) in [5, 5.41) is 6.89. The summed E-state index contributed by atoms with van der Waals surface area (Å²) < 4.78 is 11.0. The zero-order valence-corrected chi connectivity index (χ0v) is 18.0. The van der Waals surface area contributed by atoms with E-state index >= 15 is 0 Å². The lowest BCUT2D eigenvalue weighted by Gasteiger charge is -2.34. The van der Waals surface area contributed by atoms with Crippen molar-refractivity contribution in [2.45, 2.75) is 19.9 Å². The molecular weight excluding hydrogens is 366 g/mol. The predicted octanol–water partition coefficient (Wildman–Crippen LogP) is 1.26. The summed E-state index contributed by atoms with van der Waals surface area (Å²) in [5.41, 5.74) is 2.61. The van der Waals surface area contributed by atoms with Crippen molar-refractivity contribution in [2.75, 3.05) is 78.8 Å². The Kier molecular flexibility index (Phi) is 9.21. The van der Waals surface area contributed by atoms with Crippen molar-refractivity contribution in [3.63, 3.8) is 0 Å². The molecule has 0 radical (unpaired) electrons. The number of hydrogen-bond acceptors (Lipinski definition) is 5. The molecule has 2 aliphatic heterocycles. The molecular formula is C22H37N5O2. The van der Waals surface area contributed by atoms with Crippen LogP contribution in [0.4, 0.5) is 0 Å². The molecule has 1 aromatic rings. The number of hydrogen-bond donors (Lipinski definition) is 2. The molecule has 29 heavy (non-hydrogen) atoms. The molecule has 0 bridgehead atoms. The summed E-state index contributed by atoms with van der Waals surface area (Å²) in [6, 6.07) is 9.14. The summed E-state index contributed by atoms with van der Waals surface area (Å²) in [6.07, 6.45) is 0. The number of nitrogens with one attached hydrogen (secondary N) is 2. The second-order valence-corrected chi connectivity index (χ2v) is 7.68. The molecule has 2 fully saturated rings. The Morgan fingerprint density at radius 1 is 1.00 bits per heavy atom. The minimum atomic E-state index is 0.272. The van der Waals surface area contributed by atoms with Gasteiger partial charge >= 0.3 is 0 Å². The standard InChI is InChI=1S/C22H37N5O2/c1-3-23-22(24-8-9-26-10-14-28-15-11-26)25-18-21(27-12-16-29-17-13-27)20-6-4-19(2)5-7-20/h4-7,21H,3,8-18H2,1-2H3,(H2,23,24,25). The van der Waals surface area contributed by atoms with E-state index < -0.39 is 0 Å². The number of guanidine groups is 1. The molecule has 0 saturated carbocycles. The molecule has 1 atom stereocenters. The minimum Gasteiger partial charge on any atom is -0.379 e. The van der Waals surface area contributed by atoms with Crippen LogP contribution in [0.5, 0.6) is 0 Å². The second-order valence-electron chi connectivity index (χ2n) is 7.68. The first-order chi connectivity index (χ1) is 14.3. The fourth-order valence-corrected chi connectivity index (χ4v) is 3.79. The van der Waals surface area contributed by atoms with Crippen LogP contribution in [0.15, 0.2) is 29.3 Å². The molecule has 7 nitrogen and oxygen atoms in total. The van der Waals surface area contributed by atoms with E-state index in [0.717, 1.165) is 84.7 Å². The van der Waals surface area contributed by atoms with E-state index in [2.05, 4.69) is 58.5 Å². The van der Waals surface area contributed by atoms with Crippen molar-refractivity contribution in [3.05, 3.63) is 35.4 Å². The Labute approximate surface area is 175 Å². The molecule has 0 aliphatic carbocycles. The van der Waals surface area contributed by atoms with Crippen LogP contribution in [0.2, 0.25) is 0 Å². The SMILES string of the molecule is CCNC(=NCC(c1ccc(C)cc1)N1CCOCC1)NCCN1CCOCC1. The van der Waals surface area contributed by atoms with Crippen molar-refractivity contribution in [1.29, 1.82) is 0 Å². The van der Waals surface area contributed by atoms with Gasteiger partial charge in [0.2, 0.25) is 0 Å². The summed E-state index contributed by atoms with van der Waals surface area (Å²) in [7, 11) is 0. The van der Waals surface area contributed by atoms with Crippen molar-refractivity contribution in [3.8, 4) is 0 Å². The van der Waals surface area contributed by atoms with Crippen molar-refractivity contribution >= 4 is 5.96 Å². The Bertz CT molecular complexity index is 610. The van der Waals surface area contributed by atoms with E-state index in [-0.39, 0.29) is 6.04 Å². The molecule has 2 heterocycles. The fourth-order valence-electron chi connectivity index (χ4n) is 3.79. The highest BCUT2D eigenvalue weighted by Crippen LogP contribution is 2.22. The number of nitrogens with zero attached hydrogens (tertiary/aromatic N) is 3. The first-order valence-corrected chi connectivity index (χ1v) is 11.0. The Morgan fingerprint density at radius 3 is 2.31 bits per heavy atom. The highest BCUT2D eigenvalue weighted by atomic mass is 16.5. The van der Waals surface area contributed by atoms with Gasteiger partial charge in [-0.25, -0.2) is 0 Å². The molecule has 1 aromatic carbocycles. The summed E-state index contributed by atoms with van der Waals surface area (Å²) in [6.45, 7) is 14.9. The van der Waals surface area contributed by atoms with Gasteiger partial charge in [0.25, 0.3) is 0 Å². The highest BCUT2D eigenvalue weighted by Gasteiger charge is 2.22. The molecule has 0 amide bonds. The molecule has 2 N–H and O–H groups in total. The highest BCUT2D eigenvalue weighted by molar-refractivity contribution is 5.79. The minimum absolute atomic E-state index is 0.272. The van der Waals surface area contributed by atoms with Gasteiger partial charge in [-0.05, 0) is 19.4 Å². The third kappa shape index (κ3) is 7.26. The maximum Gasteiger partial charge on any atom is 0.191 e. The number of ether oxygens (including phenoxy) is 2. The maximum absolute atomic E-state index is 5.56. The number of aliphatic imine (C=N–C) groups is 1. The van der Waals surface area contributed by atoms with Gasteiger partial charge in [-0.1, -0.05) is 29.8 Å². The van der Waals surface area contributed by atoms with Gasteiger partial charge in [0.05, 0.1) is 39.0 Å². The van der Waals surface area contributed by atoms with E-state index in [1.165, 1.54) is 11.1 Å². The van der Waals surface area contributed by atoms with Gasteiger partial charge in [0.15, 0.2) is 5.96 Å². The van der Waals surface area contributed by atoms with Crippen molar-refractivity contribution < 1.29 is 9.47 Å². The fraction of sp³-hybridized carbons (Fsp3) is 0.682. The van der Waals surface area contributed by atoms with Crippen LogP contribution in [0.1, 0.15) is 24.1 Å². The van der Waals surface area contributed by atoms with Crippen LogP contribution < -0.4 is 10.6 Å². The maximum atomic E-state index is 5.56. The third-order valence-electron chi connectivity index (χ3n) is 5.54. The lowest BCUT2D eigenvalue weighted by Crippen LogP contribution is -2.45. The number of aryl methyl sites for hydroxylation is 1. The third-order valence-corrected chi connectivity index (χ3v) is 5.54. The van der Waals surface area contributed by atoms with Crippen LogP contribution in [-0.2, 0) is 9.47 Å². The van der Waals surface area contributed by atoms with Gasteiger partial charge in [-0.3, -0.25) is 14.8 Å². The van der Waals surface area contributed by atoms with Crippen molar-refractivity contribution in [2.24, 2.45) is 4.99 Å². The molecule has 162 valence electrons. The topological polar surface area (TPSA) is 61.4 Å². The summed E-state index contributed by atoms with van der Waals surface area (Å²) in [4.78, 5) is 9.87. The van der Waals surface area contributed by atoms with Gasteiger partial charge in [-0.15, -0.1) is 0 Å². The second kappa shape index (κ2) is 12.1. The molecule has 7 heteroatoms. The first-order valence-electron chi connectivity index (χ1n) is 11.0.